The van der Waals surface area contributed by atoms with Crippen LogP contribution in [0.25, 0.3) is 0 Å². The van der Waals surface area contributed by atoms with Gasteiger partial charge in [-0.05, 0) is 54.3 Å². The molecule has 2 rings (SSSR count). The van der Waals surface area contributed by atoms with Gasteiger partial charge in [0.15, 0.2) is 0 Å². The predicted octanol–water partition coefficient (Wildman–Crippen LogP) is 1.98. The van der Waals surface area contributed by atoms with E-state index in [0.717, 1.165) is 36.3 Å². The first-order valence-corrected chi connectivity index (χ1v) is 8.09. The lowest BCUT2D eigenvalue weighted by molar-refractivity contribution is 0.0674. The first kappa shape index (κ1) is 16.2. The Morgan fingerprint density at radius 3 is 3.00 bits per heavy atom. The Hall–Kier alpha value is -1.14. The Morgan fingerprint density at radius 2 is 2.33 bits per heavy atom. The number of piperidine rings is 1. The minimum absolute atomic E-state index is 0.0771. The largest absolute Gasteiger partial charge is 0.362 e. The highest BCUT2D eigenvalue weighted by molar-refractivity contribution is 9.10. The summed E-state index contributed by atoms with van der Waals surface area (Å²) in [4.78, 5) is 21.1. The summed E-state index contributed by atoms with van der Waals surface area (Å²) >= 11 is 3.41. The maximum absolute atomic E-state index is 12.8. The van der Waals surface area contributed by atoms with Crippen molar-refractivity contribution < 1.29 is 4.79 Å². The average molecular weight is 355 g/mol. The molecular formula is C15H23BrN4O. The van der Waals surface area contributed by atoms with E-state index in [4.69, 9.17) is 0 Å². The van der Waals surface area contributed by atoms with Gasteiger partial charge in [-0.15, -0.1) is 0 Å². The molecule has 0 aromatic carbocycles. The second-order valence-corrected chi connectivity index (χ2v) is 6.65. The third-order valence-corrected chi connectivity index (χ3v) is 4.22. The fourth-order valence-corrected chi connectivity index (χ4v) is 3.15. The number of nitrogens with one attached hydrogen (secondary N) is 1. The number of hydrogen-bond acceptors (Lipinski definition) is 4. The molecule has 0 spiro atoms. The Morgan fingerprint density at radius 1 is 1.57 bits per heavy atom. The summed E-state index contributed by atoms with van der Waals surface area (Å²) in [7, 11) is 5.78. The molecule has 1 atom stereocenters. The van der Waals surface area contributed by atoms with E-state index in [2.05, 4.69) is 26.2 Å². The molecule has 1 aliphatic rings. The normalized spacial score (nSPS) is 18.7. The molecule has 0 aliphatic carbocycles. The van der Waals surface area contributed by atoms with E-state index in [1.165, 1.54) is 6.42 Å². The number of halogens is 1. The Labute approximate surface area is 134 Å². The molecule has 1 amide bonds. The SMILES string of the molecule is CNCC1CCCN(C(=O)c2cc(Br)cnc2N(C)C)C1. The van der Waals surface area contributed by atoms with Crippen molar-refractivity contribution in [3.05, 3.63) is 22.3 Å². The van der Waals surface area contributed by atoms with Crippen LogP contribution in [0.2, 0.25) is 0 Å². The lowest BCUT2D eigenvalue weighted by Gasteiger charge is -2.33. The van der Waals surface area contributed by atoms with Crippen LogP contribution >= 0.6 is 15.9 Å². The van der Waals surface area contributed by atoms with Crippen LogP contribution < -0.4 is 10.2 Å². The van der Waals surface area contributed by atoms with Crippen molar-refractivity contribution in [2.24, 2.45) is 5.92 Å². The lowest BCUT2D eigenvalue weighted by atomic mass is 9.97. The van der Waals surface area contributed by atoms with E-state index < -0.39 is 0 Å². The molecule has 1 aromatic rings. The summed E-state index contributed by atoms with van der Waals surface area (Å²) in [6.07, 6.45) is 3.98. The summed E-state index contributed by atoms with van der Waals surface area (Å²) in [5.74, 6) is 1.34. The zero-order chi connectivity index (χ0) is 15.4. The van der Waals surface area contributed by atoms with Crippen LogP contribution in [0.5, 0.6) is 0 Å². The van der Waals surface area contributed by atoms with Gasteiger partial charge >= 0.3 is 0 Å². The highest BCUT2D eigenvalue weighted by Gasteiger charge is 2.26. The van der Waals surface area contributed by atoms with Crippen molar-refractivity contribution in [1.82, 2.24) is 15.2 Å². The molecule has 1 aromatic heterocycles. The van der Waals surface area contributed by atoms with Gasteiger partial charge in [-0.1, -0.05) is 0 Å². The third kappa shape index (κ3) is 3.95. The molecule has 0 radical (unpaired) electrons. The van der Waals surface area contributed by atoms with E-state index in [9.17, 15) is 4.79 Å². The Balaban J connectivity index is 2.21. The minimum atomic E-state index is 0.0771. The lowest BCUT2D eigenvalue weighted by Crippen LogP contribution is -2.42. The number of aromatic nitrogens is 1. The smallest absolute Gasteiger partial charge is 0.257 e. The van der Waals surface area contributed by atoms with Crippen LogP contribution in [0.1, 0.15) is 23.2 Å². The molecule has 5 nitrogen and oxygen atoms in total. The second kappa shape index (κ2) is 7.22. The molecule has 1 aliphatic heterocycles. The quantitative estimate of drug-likeness (QED) is 0.897. The predicted molar refractivity (Wildman–Crippen MR) is 88.8 cm³/mol. The van der Waals surface area contributed by atoms with Gasteiger partial charge in [-0.25, -0.2) is 4.98 Å². The van der Waals surface area contributed by atoms with E-state index in [1.807, 2.05) is 37.0 Å². The van der Waals surface area contributed by atoms with Crippen molar-refractivity contribution in [3.8, 4) is 0 Å². The van der Waals surface area contributed by atoms with Crippen molar-refractivity contribution in [3.63, 3.8) is 0 Å². The van der Waals surface area contributed by atoms with Crippen LogP contribution in [0.4, 0.5) is 5.82 Å². The van der Waals surface area contributed by atoms with Crippen molar-refractivity contribution >= 4 is 27.7 Å². The first-order valence-electron chi connectivity index (χ1n) is 7.29. The van der Waals surface area contributed by atoms with Crippen LogP contribution in [0.3, 0.4) is 0 Å². The fraction of sp³-hybridized carbons (Fsp3) is 0.600. The van der Waals surface area contributed by atoms with Gasteiger partial charge in [0.2, 0.25) is 0 Å². The van der Waals surface area contributed by atoms with Gasteiger partial charge in [0.25, 0.3) is 5.91 Å². The van der Waals surface area contributed by atoms with Crippen LogP contribution in [0.15, 0.2) is 16.7 Å². The molecule has 116 valence electrons. The van der Waals surface area contributed by atoms with E-state index in [0.29, 0.717) is 11.5 Å². The van der Waals surface area contributed by atoms with E-state index >= 15 is 0 Å². The number of rotatable bonds is 4. The van der Waals surface area contributed by atoms with Crippen molar-refractivity contribution in [1.29, 1.82) is 0 Å². The Kier molecular flexibility index (Phi) is 5.58. The third-order valence-electron chi connectivity index (χ3n) is 3.79. The number of hydrogen-bond donors (Lipinski definition) is 1. The maximum Gasteiger partial charge on any atom is 0.257 e. The maximum atomic E-state index is 12.8. The highest BCUT2D eigenvalue weighted by atomic mass is 79.9. The molecule has 6 heteroatoms. The zero-order valence-electron chi connectivity index (χ0n) is 12.9. The molecular weight excluding hydrogens is 332 g/mol. The number of amides is 1. The van der Waals surface area contributed by atoms with Gasteiger partial charge in [0.05, 0.1) is 5.56 Å². The van der Waals surface area contributed by atoms with Gasteiger partial charge in [0, 0.05) is 37.9 Å². The minimum Gasteiger partial charge on any atom is -0.362 e. The summed E-state index contributed by atoms with van der Waals surface area (Å²) < 4.78 is 0.834. The van der Waals surface area contributed by atoms with Gasteiger partial charge in [-0.2, -0.15) is 0 Å². The number of anilines is 1. The number of nitrogens with zero attached hydrogens (tertiary/aromatic N) is 3. The monoisotopic (exact) mass is 354 g/mol. The molecule has 0 bridgehead atoms. The number of likely N-dealkylation sites (tertiary alicyclic amines) is 1. The molecule has 1 fully saturated rings. The van der Waals surface area contributed by atoms with Crippen molar-refractivity contribution in [2.75, 3.05) is 45.7 Å². The molecule has 2 heterocycles. The van der Waals surface area contributed by atoms with Crippen molar-refractivity contribution in [2.45, 2.75) is 12.8 Å². The summed E-state index contributed by atoms with van der Waals surface area (Å²) in [6.45, 7) is 2.61. The van der Waals surface area contributed by atoms with Crippen LogP contribution in [-0.4, -0.2) is 56.6 Å². The van der Waals surface area contributed by atoms with Gasteiger partial charge < -0.3 is 15.1 Å². The zero-order valence-corrected chi connectivity index (χ0v) is 14.5. The first-order chi connectivity index (χ1) is 10.0. The average Bonchev–Trinajstić information content (AvgIpc) is 2.46. The van der Waals surface area contributed by atoms with Gasteiger partial charge in [0.1, 0.15) is 5.82 Å². The molecule has 1 unspecified atom stereocenters. The van der Waals surface area contributed by atoms with Crippen LogP contribution in [0, 0.1) is 5.92 Å². The van der Waals surface area contributed by atoms with Gasteiger partial charge in [-0.3, -0.25) is 4.79 Å². The summed E-state index contributed by atoms with van der Waals surface area (Å²) in [6, 6.07) is 1.87. The van der Waals surface area contributed by atoms with Crippen LogP contribution in [-0.2, 0) is 0 Å². The number of pyridine rings is 1. The topological polar surface area (TPSA) is 48.5 Å². The molecule has 21 heavy (non-hydrogen) atoms. The summed E-state index contributed by atoms with van der Waals surface area (Å²) in [5.41, 5.74) is 0.666. The highest BCUT2D eigenvalue weighted by Crippen LogP contribution is 2.24. The standard InChI is InChI=1S/C15H23BrN4O/c1-17-8-11-5-4-6-20(10-11)15(21)13-7-12(16)9-18-14(13)19(2)3/h7,9,11,17H,4-6,8,10H2,1-3H3. The number of carbonyl (C=O) groups is 1. The number of carbonyl (C=O) groups excluding carboxylic acids is 1. The van der Waals surface area contributed by atoms with E-state index in [1.54, 1.807) is 6.20 Å². The Bertz CT molecular complexity index is 504. The summed E-state index contributed by atoms with van der Waals surface area (Å²) in [5, 5.41) is 3.21. The second-order valence-electron chi connectivity index (χ2n) is 5.74. The molecule has 1 saturated heterocycles. The van der Waals surface area contributed by atoms with E-state index in [-0.39, 0.29) is 5.91 Å². The molecule has 0 saturated carbocycles. The molecule has 1 N–H and O–H groups in total. The fourth-order valence-electron chi connectivity index (χ4n) is 2.82.